The van der Waals surface area contributed by atoms with Crippen LogP contribution in [0.15, 0.2) is 78.4 Å². The van der Waals surface area contributed by atoms with Crippen molar-refractivity contribution in [2.75, 3.05) is 13.1 Å². The van der Waals surface area contributed by atoms with Gasteiger partial charge in [-0.2, -0.15) is 5.10 Å². The Balaban J connectivity index is 1.26. The minimum absolute atomic E-state index is 0.0770. The van der Waals surface area contributed by atoms with Gasteiger partial charge < -0.3 is 10.6 Å². The summed E-state index contributed by atoms with van der Waals surface area (Å²) in [5, 5.41) is 12.4. The van der Waals surface area contributed by atoms with E-state index in [4.69, 9.17) is 0 Å². The van der Waals surface area contributed by atoms with E-state index in [2.05, 4.69) is 20.7 Å². The normalized spacial score (nSPS) is 10.6. The fraction of sp³-hybridized carbons (Fsp3) is 0.130. The Kier molecular flexibility index (Phi) is 6.49. The molecule has 4 rings (SSSR count). The van der Waals surface area contributed by atoms with E-state index in [0.29, 0.717) is 25.2 Å². The van der Waals surface area contributed by atoms with Crippen molar-refractivity contribution in [1.29, 1.82) is 0 Å². The molecule has 0 atom stereocenters. The lowest BCUT2D eigenvalue weighted by Gasteiger charge is -2.06. The molecule has 31 heavy (non-hydrogen) atoms. The van der Waals surface area contributed by atoms with Gasteiger partial charge in [0.2, 0.25) is 5.91 Å². The highest BCUT2D eigenvalue weighted by Crippen LogP contribution is 2.24. The van der Waals surface area contributed by atoms with Gasteiger partial charge in [-0.25, -0.2) is 9.67 Å². The van der Waals surface area contributed by atoms with Crippen molar-refractivity contribution in [1.82, 2.24) is 25.4 Å². The average Bonchev–Trinajstić information content (AvgIpc) is 3.48. The average molecular weight is 432 g/mol. The molecule has 0 radical (unpaired) electrons. The molecule has 8 heteroatoms. The molecular weight excluding hydrogens is 410 g/mol. The van der Waals surface area contributed by atoms with Crippen LogP contribution in [0.4, 0.5) is 0 Å². The molecule has 2 aromatic carbocycles. The lowest BCUT2D eigenvalue weighted by atomic mass is 10.1. The summed E-state index contributed by atoms with van der Waals surface area (Å²) < 4.78 is 1.77. The molecule has 0 fully saturated rings. The first-order valence-corrected chi connectivity index (χ1v) is 10.7. The van der Waals surface area contributed by atoms with Crippen LogP contribution < -0.4 is 10.6 Å². The zero-order valence-electron chi connectivity index (χ0n) is 16.7. The van der Waals surface area contributed by atoms with Gasteiger partial charge in [-0.1, -0.05) is 48.5 Å². The van der Waals surface area contributed by atoms with Crippen molar-refractivity contribution in [2.45, 2.75) is 6.42 Å². The zero-order chi connectivity index (χ0) is 21.5. The van der Waals surface area contributed by atoms with Crippen LogP contribution in [0.5, 0.6) is 0 Å². The summed E-state index contributed by atoms with van der Waals surface area (Å²) in [5.41, 5.74) is 3.11. The minimum Gasteiger partial charge on any atom is -0.354 e. The maximum absolute atomic E-state index is 12.4. The van der Waals surface area contributed by atoms with Crippen LogP contribution >= 0.6 is 11.3 Å². The number of rotatable bonds is 8. The molecule has 0 bridgehead atoms. The van der Waals surface area contributed by atoms with E-state index >= 15 is 0 Å². The lowest BCUT2D eigenvalue weighted by molar-refractivity contribution is -0.120. The highest BCUT2D eigenvalue weighted by Gasteiger charge is 2.13. The van der Waals surface area contributed by atoms with E-state index in [1.54, 1.807) is 16.3 Å². The maximum atomic E-state index is 12.4. The maximum Gasteiger partial charge on any atom is 0.270 e. The Bertz CT molecular complexity index is 1150. The van der Waals surface area contributed by atoms with Crippen LogP contribution in [0.25, 0.3) is 16.3 Å². The summed E-state index contributed by atoms with van der Waals surface area (Å²) in [6, 6.07) is 19.3. The molecule has 0 saturated carbocycles. The van der Waals surface area contributed by atoms with Gasteiger partial charge in [-0.3, -0.25) is 9.59 Å². The summed E-state index contributed by atoms with van der Waals surface area (Å²) in [6.07, 6.45) is 3.94. The number of nitrogens with zero attached hydrogens (tertiary/aromatic N) is 3. The van der Waals surface area contributed by atoms with E-state index < -0.39 is 0 Å². The number of amides is 2. The Hall–Kier alpha value is -3.78. The quantitative estimate of drug-likeness (QED) is 0.420. The van der Waals surface area contributed by atoms with Crippen LogP contribution in [0.1, 0.15) is 16.1 Å². The summed E-state index contributed by atoms with van der Waals surface area (Å²) in [5.74, 6) is -0.345. The molecule has 0 saturated heterocycles. The third-order valence-corrected chi connectivity index (χ3v) is 5.42. The van der Waals surface area contributed by atoms with E-state index in [9.17, 15) is 9.59 Å². The molecule has 2 heterocycles. The SMILES string of the molecule is O=C(Cc1ccccc1)NCCNC(=O)c1csc(-c2cnn(-c3ccccc3)c2)n1. The van der Waals surface area contributed by atoms with Crippen molar-refractivity contribution in [2.24, 2.45) is 0 Å². The first-order chi connectivity index (χ1) is 15.2. The number of para-hydroxylation sites is 1. The molecular formula is C23H21N5O2S. The highest BCUT2D eigenvalue weighted by atomic mass is 32.1. The predicted molar refractivity (Wildman–Crippen MR) is 120 cm³/mol. The van der Waals surface area contributed by atoms with Crippen LogP contribution in [0, 0.1) is 0 Å². The summed E-state index contributed by atoms with van der Waals surface area (Å²) in [4.78, 5) is 28.7. The van der Waals surface area contributed by atoms with Crippen molar-refractivity contribution < 1.29 is 9.59 Å². The number of aromatic nitrogens is 3. The van der Waals surface area contributed by atoms with E-state index in [-0.39, 0.29) is 11.8 Å². The second-order valence-corrected chi connectivity index (χ2v) is 7.67. The predicted octanol–water partition coefficient (Wildman–Crippen LogP) is 3.08. The molecule has 7 nitrogen and oxygen atoms in total. The van der Waals surface area contributed by atoms with Crippen LogP contribution in [0.3, 0.4) is 0 Å². The van der Waals surface area contributed by atoms with E-state index in [1.807, 2.05) is 66.9 Å². The number of nitrogens with one attached hydrogen (secondary N) is 2. The molecule has 4 aromatic rings. The minimum atomic E-state index is -0.268. The van der Waals surface area contributed by atoms with E-state index in [1.165, 1.54) is 11.3 Å². The Morgan fingerprint density at radius 3 is 2.42 bits per heavy atom. The third kappa shape index (κ3) is 5.43. The molecule has 156 valence electrons. The van der Waals surface area contributed by atoms with Gasteiger partial charge in [-0.05, 0) is 17.7 Å². The number of hydrogen-bond acceptors (Lipinski definition) is 5. The zero-order valence-corrected chi connectivity index (χ0v) is 17.5. The Labute approximate surface area is 183 Å². The largest absolute Gasteiger partial charge is 0.354 e. The first-order valence-electron chi connectivity index (χ1n) is 9.84. The molecule has 0 unspecified atom stereocenters. The lowest BCUT2D eigenvalue weighted by Crippen LogP contribution is -2.35. The van der Waals surface area contributed by atoms with Gasteiger partial charge in [0.25, 0.3) is 5.91 Å². The first kappa shape index (κ1) is 20.5. The van der Waals surface area contributed by atoms with Crippen molar-refractivity contribution in [3.05, 3.63) is 89.7 Å². The van der Waals surface area contributed by atoms with Gasteiger partial charge in [0.05, 0.1) is 18.3 Å². The number of carbonyl (C=O) groups excluding carboxylic acids is 2. The van der Waals surface area contributed by atoms with Gasteiger partial charge in [0, 0.05) is 30.2 Å². The van der Waals surface area contributed by atoms with Gasteiger partial charge in [0.15, 0.2) is 0 Å². The Morgan fingerprint density at radius 1 is 0.935 bits per heavy atom. The molecule has 2 amide bonds. The smallest absolute Gasteiger partial charge is 0.270 e. The molecule has 2 aromatic heterocycles. The highest BCUT2D eigenvalue weighted by molar-refractivity contribution is 7.13. The number of thiazole rings is 1. The fourth-order valence-electron chi connectivity index (χ4n) is 2.98. The summed E-state index contributed by atoms with van der Waals surface area (Å²) in [7, 11) is 0. The topological polar surface area (TPSA) is 88.9 Å². The third-order valence-electron chi connectivity index (χ3n) is 4.53. The van der Waals surface area contributed by atoms with Crippen molar-refractivity contribution in [3.63, 3.8) is 0 Å². The second-order valence-electron chi connectivity index (χ2n) is 6.82. The fourth-order valence-corrected chi connectivity index (χ4v) is 3.75. The molecule has 0 spiro atoms. The Morgan fingerprint density at radius 2 is 1.65 bits per heavy atom. The standard InChI is InChI=1S/C23H21N5O2S/c29-21(13-17-7-3-1-4-8-17)24-11-12-25-22(30)20-16-31-23(27-20)18-14-26-28(15-18)19-9-5-2-6-10-19/h1-10,14-16H,11-13H2,(H,24,29)(H,25,30). The molecule has 0 aliphatic heterocycles. The number of benzene rings is 2. The molecule has 0 aliphatic carbocycles. The van der Waals surface area contributed by atoms with Crippen molar-refractivity contribution in [3.8, 4) is 16.3 Å². The molecule has 0 aliphatic rings. The summed E-state index contributed by atoms with van der Waals surface area (Å²) in [6.45, 7) is 0.691. The van der Waals surface area contributed by atoms with Gasteiger partial charge >= 0.3 is 0 Å². The van der Waals surface area contributed by atoms with Gasteiger partial charge in [-0.15, -0.1) is 11.3 Å². The van der Waals surface area contributed by atoms with Crippen LogP contribution in [-0.4, -0.2) is 39.7 Å². The number of carbonyl (C=O) groups is 2. The summed E-state index contributed by atoms with van der Waals surface area (Å²) >= 11 is 1.39. The van der Waals surface area contributed by atoms with Gasteiger partial charge in [0.1, 0.15) is 10.7 Å². The second kappa shape index (κ2) is 9.82. The van der Waals surface area contributed by atoms with Crippen LogP contribution in [-0.2, 0) is 11.2 Å². The monoisotopic (exact) mass is 431 g/mol. The molecule has 2 N–H and O–H groups in total. The van der Waals surface area contributed by atoms with E-state index in [0.717, 1.165) is 21.8 Å². The van der Waals surface area contributed by atoms with Crippen molar-refractivity contribution >= 4 is 23.2 Å². The number of hydrogen-bond donors (Lipinski definition) is 2. The van der Waals surface area contributed by atoms with Crippen LogP contribution in [0.2, 0.25) is 0 Å².